The summed E-state index contributed by atoms with van der Waals surface area (Å²) in [6, 6.07) is 7.40. The fourth-order valence-electron chi connectivity index (χ4n) is 1.91. The summed E-state index contributed by atoms with van der Waals surface area (Å²) in [5.41, 5.74) is 0.667. The molecule has 1 aromatic rings. The summed E-state index contributed by atoms with van der Waals surface area (Å²) in [6.45, 7) is 1.97. The quantitative estimate of drug-likeness (QED) is 0.841. The summed E-state index contributed by atoms with van der Waals surface area (Å²) in [7, 11) is 3.11. The van der Waals surface area contributed by atoms with Gasteiger partial charge >= 0.3 is 0 Å². The van der Waals surface area contributed by atoms with Gasteiger partial charge in [0.25, 0.3) is 0 Å². The molecule has 1 aromatic carbocycles. The van der Waals surface area contributed by atoms with Crippen molar-refractivity contribution in [1.82, 2.24) is 0 Å². The minimum absolute atomic E-state index is 0.582. The van der Waals surface area contributed by atoms with Crippen LogP contribution in [0.25, 0.3) is 0 Å². The Bertz CT molecular complexity index is 426. The lowest BCUT2D eigenvalue weighted by Gasteiger charge is -2.19. The number of hydrogen-bond acceptors (Lipinski definition) is 4. The Kier molecular flexibility index (Phi) is 5.47. The van der Waals surface area contributed by atoms with Crippen LogP contribution >= 0.6 is 0 Å². The van der Waals surface area contributed by atoms with E-state index in [1.165, 1.54) is 0 Å². The number of benzene rings is 1. The van der Waals surface area contributed by atoms with Crippen LogP contribution in [0, 0.1) is 11.3 Å². The molecule has 1 N–H and O–H groups in total. The van der Waals surface area contributed by atoms with Crippen molar-refractivity contribution in [2.24, 2.45) is 0 Å². The van der Waals surface area contributed by atoms with Gasteiger partial charge in [0.2, 0.25) is 0 Å². The molecule has 98 valence electrons. The molecule has 4 nitrogen and oxygen atoms in total. The molecular formula is C14H19NO3. The zero-order valence-corrected chi connectivity index (χ0v) is 11.0. The third-order valence-electron chi connectivity index (χ3n) is 2.88. The van der Waals surface area contributed by atoms with Crippen molar-refractivity contribution < 1.29 is 14.6 Å². The van der Waals surface area contributed by atoms with Crippen LogP contribution in [0.3, 0.4) is 0 Å². The number of aliphatic hydroxyl groups is 1. The van der Waals surface area contributed by atoms with Crippen molar-refractivity contribution in [1.29, 1.82) is 5.26 Å². The Morgan fingerprint density at radius 2 is 2.06 bits per heavy atom. The van der Waals surface area contributed by atoms with E-state index in [1.807, 2.05) is 6.92 Å². The summed E-state index contributed by atoms with van der Waals surface area (Å²) in [5.74, 6) is 0.641. The maximum Gasteiger partial charge on any atom is 0.123 e. The monoisotopic (exact) mass is 249 g/mol. The maximum absolute atomic E-state index is 10.0. The van der Waals surface area contributed by atoms with Crippen molar-refractivity contribution in [3.05, 3.63) is 23.8 Å². The molecule has 0 aliphatic heterocycles. The van der Waals surface area contributed by atoms with E-state index in [-0.39, 0.29) is 0 Å². The first-order chi connectivity index (χ1) is 8.67. The third-order valence-corrected chi connectivity index (χ3v) is 2.88. The molecule has 0 aliphatic carbocycles. The van der Waals surface area contributed by atoms with Crippen molar-refractivity contribution in [3.63, 3.8) is 0 Å². The van der Waals surface area contributed by atoms with Crippen molar-refractivity contribution in [2.45, 2.75) is 31.8 Å². The average molecular weight is 249 g/mol. The van der Waals surface area contributed by atoms with Crippen molar-refractivity contribution in [2.75, 3.05) is 14.2 Å². The van der Waals surface area contributed by atoms with Gasteiger partial charge in [0.05, 0.1) is 26.4 Å². The number of methoxy groups -OCH3 is 2. The molecule has 0 saturated heterocycles. The molecule has 0 aromatic heterocycles. The van der Waals surface area contributed by atoms with Crippen LogP contribution in [0.2, 0.25) is 0 Å². The minimum atomic E-state index is -0.694. The average Bonchev–Trinajstić information content (AvgIpc) is 2.39. The van der Waals surface area contributed by atoms with E-state index >= 15 is 0 Å². The SMILES string of the molecule is CCCC(O)C(C#N)c1cc(OC)ccc1OC. The van der Waals surface area contributed by atoms with E-state index < -0.39 is 12.0 Å². The summed E-state index contributed by atoms with van der Waals surface area (Å²) < 4.78 is 10.4. The van der Waals surface area contributed by atoms with Crippen molar-refractivity contribution in [3.8, 4) is 17.6 Å². The van der Waals surface area contributed by atoms with Crippen LogP contribution in [0.4, 0.5) is 0 Å². The number of nitriles is 1. The number of rotatable bonds is 6. The Morgan fingerprint density at radius 3 is 2.56 bits per heavy atom. The second kappa shape index (κ2) is 6.87. The largest absolute Gasteiger partial charge is 0.497 e. The molecule has 0 heterocycles. The summed E-state index contributed by atoms with van der Waals surface area (Å²) in [4.78, 5) is 0. The van der Waals surface area contributed by atoms with E-state index in [0.717, 1.165) is 6.42 Å². The Labute approximate surface area is 108 Å². The van der Waals surface area contributed by atoms with Crippen LogP contribution in [-0.2, 0) is 0 Å². The molecule has 0 radical (unpaired) electrons. The highest BCUT2D eigenvalue weighted by molar-refractivity contribution is 5.45. The summed E-state index contributed by atoms with van der Waals surface area (Å²) in [6.07, 6.45) is 0.713. The molecule has 1 rings (SSSR count). The Balaban J connectivity index is 3.14. The fraction of sp³-hybridized carbons (Fsp3) is 0.500. The number of hydrogen-bond donors (Lipinski definition) is 1. The van der Waals surface area contributed by atoms with Gasteiger partial charge in [0.1, 0.15) is 17.4 Å². The molecule has 0 aliphatic rings. The lowest BCUT2D eigenvalue weighted by Crippen LogP contribution is -2.17. The predicted molar refractivity (Wildman–Crippen MR) is 68.8 cm³/mol. The van der Waals surface area contributed by atoms with Gasteiger partial charge in [0.15, 0.2) is 0 Å². The molecule has 18 heavy (non-hydrogen) atoms. The predicted octanol–water partition coefficient (Wildman–Crippen LogP) is 2.47. The van der Waals surface area contributed by atoms with E-state index in [9.17, 15) is 10.4 Å². The Hall–Kier alpha value is -1.73. The first kappa shape index (κ1) is 14.3. The molecule has 4 heteroatoms. The van der Waals surface area contributed by atoms with Crippen LogP contribution in [0.1, 0.15) is 31.2 Å². The zero-order chi connectivity index (χ0) is 13.5. The van der Waals surface area contributed by atoms with Gasteiger partial charge < -0.3 is 14.6 Å². The molecule has 0 fully saturated rings. The lowest BCUT2D eigenvalue weighted by molar-refractivity contribution is 0.149. The van der Waals surface area contributed by atoms with Crippen LogP contribution in [0.15, 0.2) is 18.2 Å². The van der Waals surface area contributed by atoms with E-state index in [0.29, 0.717) is 23.5 Å². The molecule has 0 spiro atoms. The van der Waals surface area contributed by atoms with E-state index in [1.54, 1.807) is 32.4 Å². The van der Waals surface area contributed by atoms with Gasteiger partial charge in [-0.2, -0.15) is 5.26 Å². The number of ether oxygens (including phenoxy) is 2. The third kappa shape index (κ3) is 3.14. The Morgan fingerprint density at radius 1 is 1.33 bits per heavy atom. The lowest BCUT2D eigenvalue weighted by atomic mass is 9.91. The topological polar surface area (TPSA) is 62.5 Å². The van der Waals surface area contributed by atoms with Gasteiger partial charge in [-0.15, -0.1) is 0 Å². The highest BCUT2D eigenvalue weighted by atomic mass is 16.5. The highest BCUT2D eigenvalue weighted by Crippen LogP contribution is 2.33. The molecular weight excluding hydrogens is 230 g/mol. The molecule has 2 unspecified atom stereocenters. The van der Waals surface area contributed by atoms with Gasteiger partial charge in [0, 0.05) is 5.56 Å². The minimum Gasteiger partial charge on any atom is -0.497 e. The number of aliphatic hydroxyl groups excluding tert-OH is 1. The van der Waals surface area contributed by atoms with Crippen molar-refractivity contribution >= 4 is 0 Å². The molecule has 2 atom stereocenters. The standard InChI is InChI=1S/C14H19NO3/c1-4-5-13(16)12(9-15)11-8-10(17-2)6-7-14(11)18-3/h6-8,12-13,16H,4-5H2,1-3H3. The maximum atomic E-state index is 10.0. The summed E-state index contributed by atoms with van der Waals surface area (Å²) >= 11 is 0. The first-order valence-corrected chi connectivity index (χ1v) is 5.97. The molecule has 0 saturated carbocycles. The highest BCUT2D eigenvalue weighted by Gasteiger charge is 2.24. The van der Waals surface area contributed by atoms with Gasteiger partial charge in [-0.05, 0) is 24.6 Å². The fourth-order valence-corrected chi connectivity index (χ4v) is 1.91. The molecule has 0 bridgehead atoms. The van der Waals surface area contributed by atoms with E-state index in [4.69, 9.17) is 9.47 Å². The zero-order valence-electron chi connectivity index (χ0n) is 11.0. The smallest absolute Gasteiger partial charge is 0.123 e. The second-order valence-electron chi connectivity index (χ2n) is 4.07. The van der Waals surface area contributed by atoms with Gasteiger partial charge in [-0.25, -0.2) is 0 Å². The molecule has 0 amide bonds. The van der Waals surface area contributed by atoms with Gasteiger partial charge in [-0.3, -0.25) is 0 Å². The normalized spacial score (nSPS) is 13.5. The van der Waals surface area contributed by atoms with Gasteiger partial charge in [-0.1, -0.05) is 13.3 Å². The second-order valence-corrected chi connectivity index (χ2v) is 4.07. The van der Waals surface area contributed by atoms with Crippen LogP contribution in [-0.4, -0.2) is 25.4 Å². The van der Waals surface area contributed by atoms with E-state index in [2.05, 4.69) is 6.07 Å². The first-order valence-electron chi connectivity index (χ1n) is 5.97. The summed E-state index contributed by atoms with van der Waals surface area (Å²) in [5, 5.41) is 19.3. The number of nitrogens with zero attached hydrogens (tertiary/aromatic N) is 1. The van der Waals surface area contributed by atoms with Crippen LogP contribution in [0.5, 0.6) is 11.5 Å². The van der Waals surface area contributed by atoms with Crippen LogP contribution < -0.4 is 9.47 Å².